The van der Waals surface area contributed by atoms with E-state index in [-0.39, 0.29) is 39.5 Å². The molecule has 0 saturated carbocycles. The summed E-state index contributed by atoms with van der Waals surface area (Å²) in [6, 6.07) is 17.6. The van der Waals surface area contributed by atoms with E-state index in [4.69, 9.17) is 23.7 Å². The van der Waals surface area contributed by atoms with Crippen LogP contribution in [-0.2, 0) is 18.9 Å². The minimum Gasteiger partial charge on any atom is -0.494 e. The monoisotopic (exact) mass is 729 g/mol. The van der Waals surface area contributed by atoms with Gasteiger partial charge in [-0.05, 0) is 79.9 Å². The van der Waals surface area contributed by atoms with E-state index in [1.54, 1.807) is 61.2 Å². The Kier molecular flexibility index (Phi) is 13.8. The van der Waals surface area contributed by atoms with E-state index < -0.39 is 67.5 Å². The van der Waals surface area contributed by atoms with Crippen LogP contribution in [0, 0.1) is 6.92 Å². The number of benzene rings is 3. The van der Waals surface area contributed by atoms with Gasteiger partial charge >= 0.3 is 6.09 Å². The van der Waals surface area contributed by atoms with Crippen molar-refractivity contribution in [1.29, 1.82) is 0 Å². The van der Waals surface area contributed by atoms with Crippen LogP contribution in [0.3, 0.4) is 0 Å². The molecule has 15 heteroatoms. The Hall–Kier alpha value is -3.45. The van der Waals surface area contributed by atoms with Crippen molar-refractivity contribution < 1.29 is 64.2 Å². The summed E-state index contributed by atoms with van der Waals surface area (Å²) in [6.45, 7) is 7.09. The third-order valence-electron chi connectivity index (χ3n) is 9.14. The number of hydrogen-bond donors (Lipinski definition) is 7. The lowest BCUT2D eigenvalue weighted by Gasteiger charge is -2.39. The Morgan fingerprint density at radius 1 is 0.808 bits per heavy atom. The second-order valence-electron chi connectivity index (χ2n) is 13.2. The molecule has 0 aromatic heterocycles. The maximum Gasteiger partial charge on any atom is 0.416 e. The SMILES string of the molecule is [CH2]c1ccc(N(C(=O)O)c2ccc3cc(OCCCN(C[C@H](O)[C@@H](O)[C@@H]4OC(C)OC[C@H]4O)C[C@H](O)[C@@H](O)[C@@H]4OC(C)OC[C@H]4O)ccc3c2)cc1. The van der Waals surface area contributed by atoms with Crippen molar-refractivity contribution in [3.8, 4) is 5.75 Å². The van der Waals surface area contributed by atoms with Crippen LogP contribution in [0.1, 0.15) is 25.8 Å². The van der Waals surface area contributed by atoms with Crippen LogP contribution in [0.5, 0.6) is 5.75 Å². The number of nitrogens with zero attached hydrogens (tertiary/aromatic N) is 2. The second-order valence-corrected chi connectivity index (χ2v) is 13.2. The molecule has 52 heavy (non-hydrogen) atoms. The zero-order valence-corrected chi connectivity index (χ0v) is 29.2. The number of amides is 1. The van der Waals surface area contributed by atoms with Gasteiger partial charge in [0.25, 0.3) is 0 Å². The largest absolute Gasteiger partial charge is 0.494 e. The van der Waals surface area contributed by atoms with E-state index >= 15 is 0 Å². The number of carboxylic acid groups (broad SMARTS) is 1. The van der Waals surface area contributed by atoms with Crippen molar-refractivity contribution in [1.82, 2.24) is 4.90 Å². The lowest BCUT2D eigenvalue weighted by molar-refractivity contribution is -0.274. The second kappa shape index (κ2) is 18.1. The molecule has 285 valence electrons. The van der Waals surface area contributed by atoms with Crippen LogP contribution >= 0.6 is 0 Å². The molecule has 2 aliphatic rings. The van der Waals surface area contributed by atoms with Gasteiger partial charge in [-0.15, -0.1) is 0 Å². The van der Waals surface area contributed by atoms with Gasteiger partial charge in [0, 0.05) is 19.6 Å². The first-order valence-corrected chi connectivity index (χ1v) is 17.3. The highest BCUT2D eigenvalue weighted by molar-refractivity contribution is 5.98. The Morgan fingerprint density at radius 2 is 1.33 bits per heavy atom. The summed E-state index contributed by atoms with van der Waals surface area (Å²) in [5.41, 5.74) is 1.74. The van der Waals surface area contributed by atoms with Gasteiger partial charge in [-0.2, -0.15) is 0 Å². The Morgan fingerprint density at radius 3 is 1.88 bits per heavy atom. The molecule has 10 atom stereocenters. The number of fused-ring (bicyclic) bond motifs is 1. The third-order valence-corrected chi connectivity index (χ3v) is 9.14. The van der Waals surface area contributed by atoms with E-state index in [1.165, 1.54) is 4.90 Å². The summed E-state index contributed by atoms with van der Waals surface area (Å²) >= 11 is 0. The standard InChI is InChI=1S/C37H49N2O13/c1-21-5-9-26(10-6-21)39(37(46)47)27-11-7-25-16-28(12-8-24(25)15-27)48-14-4-13-38(17-29(40)33(44)35-31(42)19-49-22(2)51-35)18-30(41)34(45)36-32(43)20-50-23(3)52-36/h5-12,15-16,22-23,29-36,40-45H,1,4,13-14,17-20H2,2-3H3,(H,46,47)/t22?,23?,29-,30-,31+,32+,33+,34+,35+,36+/m0/s1. The molecular formula is C37H49N2O13. The van der Waals surface area contributed by atoms with Gasteiger partial charge in [0.05, 0.1) is 43.4 Å². The molecule has 1 radical (unpaired) electrons. The van der Waals surface area contributed by atoms with Gasteiger partial charge in [-0.25, -0.2) is 9.69 Å². The molecule has 3 aromatic rings. The molecule has 2 saturated heterocycles. The molecular weight excluding hydrogens is 680 g/mol. The molecule has 2 heterocycles. The van der Waals surface area contributed by atoms with Gasteiger partial charge in [0.15, 0.2) is 12.6 Å². The quantitative estimate of drug-likeness (QED) is 0.111. The lowest BCUT2D eigenvalue weighted by Crippen LogP contribution is -2.57. The van der Waals surface area contributed by atoms with E-state index in [0.29, 0.717) is 23.5 Å². The van der Waals surface area contributed by atoms with Crippen molar-refractivity contribution in [3.05, 3.63) is 73.2 Å². The third kappa shape index (κ3) is 10.1. The summed E-state index contributed by atoms with van der Waals surface area (Å²) in [4.78, 5) is 15.0. The molecule has 7 N–H and O–H groups in total. The van der Waals surface area contributed by atoms with E-state index in [0.717, 1.165) is 16.3 Å². The van der Waals surface area contributed by atoms with Crippen molar-refractivity contribution in [2.24, 2.45) is 0 Å². The first kappa shape index (κ1) is 39.8. The number of ether oxygens (including phenoxy) is 5. The predicted octanol–water partition coefficient (Wildman–Crippen LogP) is 1.60. The molecule has 0 bridgehead atoms. The van der Waals surface area contributed by atoms with Gasteiger partial charge in [-0.1, -0.05) is 24.3 Å². The smallest absolute Gasteiger partial charge is 0.416 e. The van der Waals surface area contributed by atoms with Gasteiger partial charge in [0.2, 0.25) is 0 Å². The first-order valence-electron chi connectivity index (χ1n) is 17.3. The van der Waals surface area contributed by atoms with Gasteiger partial charge in [0.1, 0.15) is 42.4 Å². The summed E-state index contributed by atoms with van der Waals surface area (Å²) in [6.07, 6.45) is -12.5. The molecule has 3 aromatic carbocycles. The van der Waals surface area contributed by atoms with Crippen LogP contribution < -0.4 is 9.64 Å². The molecule has 2 unspecified atom stereocenters. The predicted molar refractivity (Wildman–Crippen MR) is 188 cm³/mol. The van der Waals surface area contributed by atoms with Crippen LogP contribution in [-0.4, -0.2) is 148 Å². The minimum atomic E-state index is -1.49. The Bertz CT molecular complexity index is 1560. The summed E-state index contributed by atoms with van der Waals surface area (Å²) in [5.74, 6) is 0.568. The fraction of sp³-hybridized carbons (Fsp3) is 0.514. The van der Waals surface area contributed by atoms with Crippen LogP contribution in [0.15, 0.2) is 60.7 Å². The Labute approximate surface area is 302 Å². The van der Waals surface area contributed by atoms with E-state index in [2.05, 4.69) is 6.92 Å². The first-order chi connectivity index (χ1) is 24.8. The molecule has 1 amide bonds. The zero-order valence-electron chi connectivity index (χ0n) is 29.2. The molecule has 0 aliphatic carbocycles. The van der Waals surface area contributed by atoms with Gasteiger partial charge in [-0.3, -0.25) is 4.90 Å². The summed E-state index contributed by atoms with van der Waals surface area (Å²) < 4.78 is 27.5. The van der Waals surface area contributed by atoms with Crippen molar-refractivity contribution in [2.45, 2.75) is 81.7 Å². The molecule has 5 rings (SSSR count). The highest BCUT2D eigenvalue weighted by Crippen LogP contribution is 2.31. The van der Waals surface area contributed by atoms with Crippen LogP contribution in [0.25, 0.3) is 10.8 Å². The molecule has 0 spiro atoms. The number of aliphatic hydroxyl groups excluding tert-OH is 6. The maximum absolute atomic E-state index is 12.1. The number of anilines is 2. The van der Waals surface area contributed by atoms with Crippen molar-refractivity contribution in [2.75, 3.05) is 44.4 Å². The fourth-order valence-corrected chi connectivity index (χ4v) is 6.35. The van der Waals surface area contributed by atoms with Crippen molar-refractivity contribution in [3.63, 3.8) is 0 Å². The topological polar surface area (TPSA) is 211 Å². The van der Waals surface area contributed by atoms with Crippen LogP contribution in [0.2, 0.25) is 0 Å². The number of hydrogen-bond acceptors (Lipinski definition) is 13. The van der Waals surface area contributed by atoms with E-state index in [1.807, 2.05) is 18.2 Å². The maximum atomic E-state index is 12.1. The minimum absolute atomic E-state index is 0.0737. The lowest BCUT2D eigenvalue weighted by atomic mass is 10.00. The average molecular weight is 730 g/mol. The normalized spacial score (nSPS) is 26.1. The number of carbonyl (C=O) groups is 1. The molecule has 15 nitrogen and oxygen atoms in total. The summed E-state index contributed by atoms with van der Waals surface area (Å²) in [7, 11) is 0. The fourth-order valence-electron chi connectivity index (χ4n) is 6.35. The molecule has 2 fully saturated rings. The average Bonchev–Trinajstić information content (AvgIpc) is 3.12. The summed E-state index contributed by atoms with van der Waals surface area (Å²) in [5, 5.41) is 76.0. The van der Waals surface area contributed by atoms with Crippen LogP contribution in [0.4, 0.5) is 16.2 Å². The number of aliphatic hydroxyl groups is 6. The van der Waals surface area contributed by atoms with E-state index in [9.17, 15) is 40.5 Å². The number of rotatable bonds is 15. The Balaban J connectivity index is 1.22. The van der Waals surface area contributed by atoms with Gasteiger partial charge < -0.3 is 59.4 Å². The highest BCUT2D eigenvalue weighted by atomic mass is 16.7. The van der Waals surface area contributed by atoms with Crippen molar-refractivity contribution >= 4 is 28.2 Å². The highest BCUT2D eigenvalue weighted by Gasteiger charge is 2.40. The zero-order chi connectivity index (χ0) is 37.5. The molecule has 2 aliphatic heterocycles.